The van der Waals surface area contributed by atoms with Crippen molar-refractivity contribution in [2.75, 3.05) is 6.54 Å². The lowest BCUT2D eigenvalue weighted by Gasteiger charge is -2.52. The molecule has 3 rings (SSSR count). The normalized spacial score (nSPS) is 21.8. The zero-order valence-electron chi connectivity index (χ0n) is 15.2. The molecule has 0 saturated heterocycles. The molecule has 0 bridgehead atoms. The highest BCUT2D eigenvalue weighted by molar-refractivity contribution is 6.00. The lowest BCUT2D eigenvalue weighted by atomic mass is 9.58. The van der Waals surface area contributed by atoms with Gasteiger partial charge < -0.3 is 10.6 Å². The lowest BCUT2D eigenvalue weighted by molar-refractivity contribution is -0.125. The van der Waals surface area contributed by atoms with Crippen LogP contribution in [0.2, 0.25) is 0 Å². The van der Waals surface area contributed by atoms with E-state index in [0.29, 0.717) is 18.0 Å². The van der Waals surface area contributed by atoms with E-state index in [-0.39, 0.29) is 29.2 Å². The van der Waals surface area contributed by atoms with Gasteiger partial charge in [0.25, 0.3) is 5.91 Å². The minimum atomic E-state index is -0.0751. The highest BCUT2D eigenvalue weighted by Gasteiger charge is 2.48. The molecule has 1 aliphatic rings. The summed E-state index contributed by atoms with van der Waals surface area (Å²) in [4.78, 5) is 24.4. The molecular weight excluding hydrogens is 316 g/mol. The SMILES string of the molecule is CC(C)C(=O)NCC1CC(NC(=O)c2cccn3nccc23)C1(C)C. The fourth-order valence-electron chi connectivity index (χ4n) is 3.42. The molecule has 0 spiro atoms. The topological polar surface area (TPSA) is 75.5 Å². The van der Waals surface area contributed by atoms with Gasteiger partial charge in [0.15, 0.2) is 0 Å². The summed E-state index contributed by atoms with van der Waals surface area (Å²) in [6.45, 7) is 8.73. The van der Waals surface area contributed by atoms with Crippen molar-refractivity contribution in [2.45, 2.75) is 40.2 Å². The molecule has 2 N–H and O–H groups in total. The molecule has 0 aliphatic heterocycles. The summed E-state index contributed by atoms with van der Waals surface area (Å²) in [5, 5.41) is 10.3. The van der Waals surface area contributed by atoms with Gasteiger partial charge in [0.1, 0.15) is 0 Å². The van der Waals surface area contributed by atoms with Gasteiger partial charge in [0.05, 0.1) is 17.3 Å². The standard InChI is InChI=1S/C19H26N4O2/c1-12(2)17(24)20-11-13-10-16(19(13,3)4)22-18(25)14-6-5-9-23-15(14)7-8-21-23/h5-9,12-13,16H,10-11H2,1-4H3,(H,20,24)(H,22,25). The van der Waals surface area contributed by atoms with Crippen molar-refractivity contribution in [2.24, 2.45) is 17.3 Å². The Morgan fingerprint density at radius 1 is 1.36 bits per heavy atom. The largest absolute Gasteiger partial charge is 0.356 e. The van der Waals surface area contributed by atoms with Gasteiger partial charge in [-0.05, 0) is 36.0 Å². The third kappa shape index (κ3) is 3.25. The second-order valence-corrected chi connectivity index (χ2v) is 7.76. The van der Waals surface area contributed by atoms with Crippen molar-refractivity contribution in [3.63, 3.8) is 0 Å². The van der Waals surface area contributed by atoms with Gasteiger partial charge in [0, 0.05) is 24.7 Å². The Balaban J connectivity index is 1.62. The fourth-order valence-corrected chi connectivity index (χ4v) is 3.42. The smallest absolute Gasteiger partial charge is 0.253 e. The van der Waals surface area contributed by atoms with Gasteiger partial charge in [-0.25, -0.2) is 4.52 Å². The van der Waals surface area contributed by atoms with E-state index in [1.165, 1.54) is 0 Å². The van der Waals surface area contributed by atoms with Crippen LogP contribution in [-0.2, 0) is 4.79 Å². The second-order valence-electron chi connectivity index (χ2n) is 7.76. The number of hydrogen-bond donors (Lipinski definition) is 2. The Morgan fingerprint density at radius 2 is 2.12 bits per heavy atom. The summed E-state index contributed by atoms with van der Waals surface area (Å²) in [5.74, 6) is 0.366. The molecule has 2 aromatic heterocycles. The first kappa shape index (κ1) is 17.5. The fraction of sp³-hybridized carbons (Fsp3) is 0.526. The van der Waals surface area contributed by atoms with Crippen molar-refractivity contribution in [3.05, 3.63) is 36.2 Å². The third-order valence-corrected chi connectivity index (χ3v) is 5.50. The molecule has 6 nitrogen and oxygen atoms in total. The van der Waals surface area contributed by atoms with E-state index in [1.54, 1.807) is 10.7 Å². The number of aromatic nitrogens is 2. The van der Waals surface area contributed by atoms with Crippen LogP contribution < -0.4 is 10.6 Å². The highest BCUT2D eigenvalue weighted by Crippen LogP contribution is 2.46. The van der Waals surface area contributed by atoms with Crippen LogP contribution in [-0.4, -0.2) is 34.0 Å². The van der Waals surface area contributed by atoms with Gasteiger partial charge >= 0.3 is 0 Å². The number of nitrogens with zero attached hydrogens (tertiary/aromatic N) is 2. The molecule has 6 heteroatoms. The minimum Gasteiger partial charge on any atom is -0.356 e. The second kappa shape index (κ2) is 6.50. The number of rotatable bonds is 5. The van der Waals surface area contributed by atoms with Crippen molar-refractivity contribution in [3.8, 4) is 0 Å². The van der Waals surface area contributed by atoms with Gasteiger partial charge in [-0.15, -0.1) is 0 Å². The molecule has 2 amide bonds. The maximum Gasteiger partial charge on any atom is 0.253 e. The average molecular weight is 342 g/mol. The summed E-state index contributed by atoms with van der Waals surface area (Å²) in [5.41, 5.74) is 1.39. The Morgan fingerprint density at radius 3 is 2.80 bits per heavy atom. The van der Waals surface area contributed by atoms with Crippen LogP contribution in [0.3, 0.4) is 0 Å². The molecule has 2 heterocycles. The van der Waals surface area contributed by atoms with E-state index in [2.05, 4.69) is 29.6 Å². The zero-order chi connectivity index (χ0) is 18.2. The number of fused-ring (bicyclic) bond motifs is 1. The molecule has 2 unspecified atom stereocenters. The first-order valence-electron chi connectivity index (χ1n) is 8.81. The minimum absolute atomic E-state index is 0.00478. The zero-order valence-corrected chi connectivity index (χ0v) is 15.2. The maximum absolute atomic E-state index is 12.7. The van der Waals surface area contributed by atoms with Crippen molar-refractivity contribution in [1.82, 2.24) is 20.2 Å². The van der Waals surface area contributed by atoms with E-state index in [0.717, 1.165) is 11.9 Å². The Hall–Kier alpha value is -2.37. The lowest BCUT2D eigenvalue weighted by Crippen LogP contribution is -2.60. The molecule has 1 saturated carbocycles. The van der Waals surface area contributed by atoms with Crippen LogP contribution in [0.25, 0.3) is 5.52 Å². The van der Waals surface area contributed by atoms with E-state index < -0.39 is 0 Å². The Bertz CT molecular complexity index is 794. The van der Waals surface area contributed by atoms with E-state index in [4.69, 9.17) is 0 Å². The Kier molecular flexibility index (Phi) is 4.54. The van der Waals surface area contributed by atoms with Gasteiger partial charge in [0.2, 0.25) is 5.91 Å². The molecule has 25 heavy (non-hydrogen) atoms. The quantitative estimate of drug-likeness (QED) is 0.875. The number of carbonyl (C=O) groups is 2. The van der Waals surface area contributed by atoms with Crippen molar-refractivity contribution in [1.29, 1.82) is 0 Å². The average Bonchev–Trinajstić information content (AvgIpc) is 3.05. The van der Waals surface area contributed by atoms with Crippen LogP contribution >= 0.6 is 0 Å². The van der Waals surface area contributed by atoms with Gasteiger partial charge in [-0.2, -0.15) is 5.10 Å². The maximum atomic E-state index is 12.7. The van der Waals surface area contributed by atoms with E-state index in [1.807, 2.05) is 38.2 Å². The van der Waals surface area contributed by atoms with E-state index >= 15 is 0 Å². The summed E-state index contributed by atoms with van der Waals surface area (Å²) in [6, 6.07) is 5.58. The highest BCUT2D eigenvalue weighted by atomic mass is 16.2. The molecule has 0 aromatic carbocycles. The molecular formula is C19H26N4O2. The molecule has 2 atom stereocenters. The van der Waals surface area contributed by atoms with Gasteiger partial charge in [-0.3, -0.25) is 9.59 Å². The monoisotopic (exact) mass is 342 g/mol. The summed E-state index contributed by atoms with van der Waals surface area (Å²) in [6.07, 6.45) is 4.39. The predicted octanol–water partition coefficient (Wildman–Crippen LogP) is 2.25. The molecule has 2 aromatic rings. The molecule has 1 fully saturated rings. The Labute approximate surface area is 148 Å². The van der Waals surface area contributed by atoms with E-state index in [9.17, 15) is 9.59 Å². The van der Waals surface area contributed by atoms with Gasteiger partial charge in [-0.1, -0.05) is 27.7 Å². The van der Waals surface area contributed by atoms with Crippen LogP contribution in [0, 0.1) is 17.3 Å². The van der Waals surface area contributed by atoms with Crippen LogP contribution in [0.4, 0.5) is 0 Å². The number of amides is 2. The number of nitrogens with one attached hydrogen (secondary N) is 2. The van der Waals surface area contributed by atoms with Crippen molar-refractivity contribution >= 4 is 17.3 Å². The summed E-state index contributed by atoms with van der Waals surface area (Å²) in [7, 11) is 0. The predicted molar refractivity (Wildman–Crippen MR) is 96.2 cm³/mol. The number of carbonyl (C=O) groups excluding carboxylic acids is 2. The first-order chi connectivity index (χ1) is 11.8. The summed E-state index contributed by atoms with van der Waals surface area (Å²) < 4.78 is 1.70. The summed E-state index contributed by atoms with van der Waals surface area (Å²) >= 11 is 0. The number of pyridine rings is 1. The van der Waals surface area contributed by atoms with Crippen LogP contribution in [0.1, 0.15) is 44.5 Å². The molecule has 0 radical (unpaired) electrons. The van der Waals surface area contributed by atoms with Crippen molar-refractivity contribution < 1.29 is 9.59 Å². The number of hydrogen-bond acceptors (Lipinski definition) is 3. The first-order valence-corrected chi connectivity index (χ1v) is 8.81. The van der Waals surface area contributed by atoms with Crippen LogP contribution in [0.5, 0.6) is 0 Å². The molecule has 1 aliphatic carbocycles. The van der Waals surface area contributed by atoms with Crippen LogP contribution in [0.15, 0.2) is 30.6 Å². The third-order valence-electron chi connectivity index (χ3n) is 5.50. The molecule has 134 valence electrons.